The highest BCUT2D eigenvalue weighted by Gasteiger charge is 2.20. The van der Waals surface area contributed by atoms with E-state index in [1.54, 1.807) is 48.5 Å². The minimum atomic E-state index is -0.479. The number of carbonyl (C=O) groups excluding carboxylic acids is 1. The van der Waals surface area contributed by atoms with Gasteiger partial charge in [-0.2, -0.15) is 0 Å². The Morgan fingerprint density at radius 2 is 1.55 bits per heavy atom. The molecular weight excluding hydrogens is 532 g/mol. The number of para-hydroxylation sites is 1. The van der Waals surface area contributed by atoms with E-state index in [0.717, 1.165) is 5.39 Å². The van der Waals surface area contributed by atoms with Gasteiger partial charge in [-0.3, -0.25) is 10.1 Å². The van der Waals surface area contributed by atoms with Gasteiger partial charge in [0.25, 0.3) is 5.91 Å². The summed E-state index contributed by atoms with van der Waals surface area (Å²) in [5, 5.41) is 6.48. The van der Waals surface area contributed by atoms with Crippen molar-refractivity contribution in [3.63, 3.8) is 0 Å². The monoisotopic (exact) mass is 562 g/mol. The van der Waals surface area contributed by atoms with E-state index < -0.39 is 11.5 Å². The normalized spacial score (nSPS) is 10.6. The second-order valence-electron chi connectivity index (χ2n) is 8.41. The quantitative estimate of drug-likeness (QED) is 0.183. The molecule has 0 saturated carbocycles. The first-order valence-electron chi connectivity index (χ1n) is 12.8. The number of fused-ring (bicyclic) bond motifs is 1. The molecule has 0 unspecified atom stereocenters. The number of methoxy groups -OCH3 is 1. The Morgan fingerprint density at radius 1 is 0.875 bits per heavy atom. The highest BCUT2D eigenvalue weighted by molar-refractivity contribution is 7.80. The molecule has 0 spiro atoms. The fraction of sp³-hybridized carbons (Fsp3) is 0.233. The Morgan fingerprint density at radius 3 is 2.20 bits per heavy atom. The van der Waals surface area contributed by atoms with Crippen molar-refractivity contribution >= 4 is 39.9 Å². The summed E-state index contributed by atoms with van der Waals surface area (Å²) < 4.78 is 28.1. The van der Waals surface area contributed by atoms with Gasteiger partial charge in [0.05, 0.1) is 38.2 Å². The molecule has 2 N–H and O–H groups in total. The third kappa shape index (κ3) is 6.35. The molecule has 9 nitrogen and oxygen atoms in total. The molecule has 4 rings (SSSR count). The number of anilines is 1. The van der Waals surface area contributed by atoms with Gasteiger partial charge in [-0.1, -0.05) is 24.3 Å². The average molecular weight is 563 g/mol. The Balaban J connectivity index is 1.59. The predicted molar refractivity (Wildman–Crippen MR) is 158 cm³/mol. The Kier molecular flexibility index (Phi) is 9.23. The SMILES string of the molecule is CCOc1cc(C(=O)NC(=S)Nc2cc(-c3cc4ccccc4oc3=O)ccc2OC)cc(OCC)c1OCC. The smallest absolute Gasteiger partial charge is 0.344 e. The molecule has 40 heavy (non-hydrogen) atoms. The first-order chi connectivity index (χ1) is 19.4. The summed E-state index contributed by atoms with van der Waals surface area (Å²) in [5.74, 6) is 1.20. The van der Waals surface area contributed by atoms with Crippen LogP contribution in [-0.4, -0.2) is 38.0 Å². The number of carbonyl (C=O) groups is 1. The summed E-state index contributed by atoms with van der Waals surface area (Å²) in [6.45, 7) is 6.69. The summed E-state index contributed by atoms with van der Waals surface area (Å²) >= 11 is 5.44. The Bertz CT molecular complexity index is 1570. The van der Waals surface area contributed by atoms with Crippen molar-refractivity contribution in [3.8, 4) is 34.1 Å². The molecule has 0 aliphatic heterocycles. The van der Waals surface area contributed by atoms with Crippen molar-refractivity contribution in [2.24, 2.45) is 0 Å². The van der Waals surface area contributed by atoms with Crippen molar-refractivity contribution < 1.29 is 28.2 Å². The maximum absolute atomic E-state index is 13.2. The summed E-state index contributed by atoms with van der Waals surface area (Å²) in [6.07, 6.45) is 0. The van der Waals surface area contributed by atoms with Gasteiger partial charge in [0, 0.05) is 10.9 Å². The maximum Gasteiger partial charge on any atom is 0.344 e. The van der Waals surface area contributed by atoms with E-state index in [1.807, 2.05) is 32.9 Å². The third-order valence-corrected chi connectivity index (χ3v) is 6.00. The zero-order valence-electron chi connectivity index (χ0n) is 22.7. The molecular formula is C30H30N2O7S. The van der Waals surface area contributed by atoms with E-state index in [4.69, 9.17) is 35.6 Å². The lowest BCUT2D eigenvalue weighted by Gasteiger charge is -2.17. The zero-order valence-corrected chi connectivity index (χ0v) is 23.5. The molecule has 1 heterocycles. The first-order valence-corrected chi connectivity index (χ1v) is 13.2. The molecule has 0 bridgehead atoms. The minimum Gasteiger partial charge on any atom is -0.495 e. The van der Waals surface area contributed by atoms with Gasteiger partial charge < -0.3 is 28.7 Å². The number of nitrogens with one attached hydrogen (secondary N) is 2. The molecule has 3 aromatic carbocycles. The van der Waals surface area contributed by atoms with Crippen molar-refractivity contribution in [1.29, 1.82) is 0 Å². The molecule has 4 aromatic rings. The van der Waals surface area contributed by atoms with Crippen LogP contribution in [0.1, 0.15) is 31.1 Å². The predicted octanol–water partition coefficient (Wildman–Crippen LogP) is 5.79. The largest absolute Gasteiger partial charge is 0.495 e. The lowest BCUT2D eigenvalue weighted by Crippen LogP contribution is -2.34. The topological polar surface area (TPSA) is 108 Å². The van der Waals surface area contributed by atoms with Crippen LogP contribution in [0.3, 0.4) is 0 Å². The second kappa shape index (κ2) is 13.0. The summed E-state index contributed by atoms with van der Waals surface area (Å²) in [4.78, 5) is 25.9. The Hall–Kier alpha value is -4.57. The molecule has 0 radical (unpaired) electrons. The number of hydrogen-bond donors (Lipinski definition) is 2. The lowest BCUT2D eigenvalue weighted by molar-refractivity contribution is 0.0976. The van der Waals surface area contributed by atoms with Gasteiger partial charge in [-0.05, 0) is 75.0 Å². The van der Waals surface area contributed by atoms with Crippen molar-refractivity contribution in [3.05, 3.63) is 76.6 Å². The number of hydrogen-bond acceptors (Lipinski definition) is 8. The van der Waals surface area contributed by atoms with E-state index in [9.17, 15) is 9.59 Å². The first kappa shape index (κ1) is 28.4. The Labute approximate surface area is 237 Å². The van der Waals surface area contributed by atoms with Crippen LogP contribution in [0.5, 0.6) is 23.0 Å². The van der Waals surface area contributed by atoms with Gasteiger partial charge >= 0.3 is 5.63 Å². The van der Waals surface area contributed by atoms with Crippen LogP contribution in [0.15, 0.2) is 69.9 Å². The van der Waals surface area contributed by atoms with Crippen LogP contribution in [-0.2, 0) is 0 Å². The molecule has 1 amide bonds. The van der Waals surface area contributed by atoms with Crippen molar-refractivity contribution in [2.45, 2.75) is 20.8 Å². The summed E-state index contributed by atoms with van der Waals surface area (Å²) in [5.41, 5.74) is 1.72. The fourth-order valence-corrected chi connectivity index (χ4v) is 4.29. The van der Waals surface area contributed by atoms with Crippen LogP contribution in [0, 0.1) is 0 Å². The third-order valence-electron chi connectivity index (χ3n) is 5.80. The van der Waals surface area contributed by atoms with Crippen LogP contribution in [0.4, 0.5) is 5.69 Å². The van der Waals surface area contributed by atoms with E-state index in [1.165, 1.54) is 7.11 Å². The molecule has 0 aliphatic rings. The standard InChI is InChI=1S/C30H30N2O7S/c1-5-36-25-16-20(17-26(37-6-2)27(25)38-7-3)28(33)32-30(40)31-22-15-18(12-13-24(22)35-4)21-14-19-10-8-9-11-23(19)39-29(21)34/h8-17H,5-7H2,1-4H3,(H2,31,32,33,40). The van der Waals surface area contributed by atoms with Crippen LogP contribution >= 0.6 is 12.2 Å². The molecule has 0 saturated heterocycles. The van der Waals surface area contributed by atoms with Gasteiger partial charge in [0.1, 0.15) is 11.3 Å². The van der Waals surface area contributed by atoms with Gasteiger partial charge in [0.15, 0.2) is 16.6 Å². The molecule has 0 atom stereocenters. The number of ether oxygens (including phenoxy) is 4. The van der Waals surface area contributed by atoms with Crippen LogP contribution in [0.25, 0.3) is 22.1 Å². The lowest BCUT2D eigenvalue weighted by atomic mass is 10.0. The van der Waals surface area contributed by atoms with Gasteiger partial charge in [-0.25, -0.2) is 4.79 Å². The fourth-order valence-electron chi connectivity index (χ4n) is 4.09. The molecule has 10 heteroatoms. The summed E-state index contributed by atoms with van der Waals surface area (Å²) in [7, 11) is 1.51. The van der Waals surface area contributed by atoms with Crippen LogP contribution in [0.2, 0.25) is 0 Å². The number of benzene rings is 3. The number of amides is 1. The second-order valence-corrected chi connectivity index (χ2v) is 8.82. The maximum atomic E-state index is 13.2. The van der Waals surface area contributed by atoms with Crippen molar-refractivity contribution in [2.75, 3.05) is 32.2 Å². The highest BCUT2D eigenvalue weighted by atomic mass is 32.1. The molecule has 208 valence electrons. The van der Waals surface area contributed by atoms with Crippen molar-refractivity contribution in [1.82, 2.24) is 5.32 Å². The number of thiocarbonyl (C=S) groups is 1. The van der Waals surface area contributed by atoms with E-state index in [2.05, 4.69) is 10.6 Å². The summed E-state index contributed by atoms with van der Waals surface area (Å²) in [6, 6.07) is 17.4. The molecule has 0 fully saturated rings. The van der Waals surface area contributed by atoms with Crippen LogP contribution < -0.4 is 35.2 Å². The zero-order chi connectivity index (χ0) is 28.6. The van der Waals surface area contributed by atoms with Gasteiger partial charge in [-0.15, -0.1) is 0 Å². The van der Waals surface area contributed by atoms with E-state index in [-0.39, 0.29) is 10.7 Å². The average Bonchev–Trinajstić information content (AvgIpc) is 2.94. The van der Waals surface area contributed by atoms with E-state index >= 15 is 0 Å². The minimum absolute atomic E-state index is 0.0239. The molecule has 1 aromatic heterocycles. The van der Waals surface area contributed by atoms with Gasteiger partial charge in [0.2, 0.25) is 5.75 Å². The van der Waals surface area contributed by atoms with E-state index in [0.29, 0.717) is 65.2 Å². The number of rotatable bonds is 10. The highest BCUT2D eigenvalue weighted by Crippen LogP contribution is 2.39. The molecule has 0 aliphatic carbocycles.